The number of fused-ring (bicyclic) bond motifs is 1. The van der Waals surface area contributed by atoms with Gasteiger partial charge >= 0.3 is 0 Å². The van der Waals surface area contributed by atoms with Crippen molar-refractivity contribution in [2.45, 2.75) is 52.5 Å². The van der Waals surface area contributed by atoms with Crippen molar-refractivity contribution < 1.29 is 0 Å². The lowest BCUT2D eigenvalue weighted by molar-refractivity contribution is 0.414. The van der Waals surface area contributed by atoms with Crippen LogP contribution < -0.4 is 5.32 Å². The molecule has 1 aliphatic heterocycles. The highest BCUT2D eigenvalue weighted by molar-refractivity contribution is 5.37. The van der Waals surface area contributed by atoms with Gasteiger partial charge in [0, 0.05) is 6.04 Å². The zero-order chi connectivity index (χ0) is 12.4. The fourth-order valence-corrected chi connectivity index (χ4v) is 2.70. The third-order valence-electron chi connectivity index (χ3n) is 3.70. The van der Waals surface area contributed by atoms with Crippen molar-refractivity contribution in [3.8, 4) is 0 Å². The van der Waals surface area contributed by atoms with Gasteiger partial charge in [-0.1, -0.05) is 45.9 Å². The number of nitrogens with one attached hydrogen (secondary N) is 1. The molecule has 1 heteroatoms. The Morgan fingerprint density at radius 1 is 1.24 bits per heavy atom. The summed E-state index contributed by atoms with van der Waals surface area (Å²) < 4.78 is 0. The minimum atomic E-state index is 0.567. The molecule has 17 heavy (non-hydrogen) atoms. The Morgan fingerprint density at radius 3 is 2.65 bits per heavy atom. The van der Waals surface area contributed by atoms with Crippen LogP contribution in [0.25, 0.3) is 0 Å². The van der Waals surface area contributed by atoms with E-state index >= 15 is 0 Å². The van der Waals surface area contributed by atoms with Gasteiger partial charge in [-0.2, -0.15) is 0 Å². The lowest BCUT2D eigenvalue weighted by Crippen LogP contribution is -2.30. The van der Waals surface area contributed by atoms with E-state index in [4.69, 9.17) is 0 Å². The molecule has 0 saturated carbocycles. The van der Waals surface area contributed by atoms with Crippen molar-refractivity contribution in [2.75, 3.05) is 6.54 Å². The second-order valence-corrected chi connectivity index (χ2v) is 6.00. The summed E-state index contributed by atoms with van der Waals surface area (Å²) in [7, 11) is 0. The highest BCUT2D eigenvalue weighted by Crippen LogP contribution is 2.30. The fourth-order valence-electron chi connectivity index (χ4n) is 2.70. The van der Waals surface area contributed by atoms with Crippen molar-refractivity contribution >= 4 is 0 Å². The molecule has 1 aliphatic rings. The van der Waals surface area contributed by atoms with E-state index in [-0.39, 0.29) is 0 Å². The standard InChI is InChI=1S/C16H25N/c1-11(2)9-16-15-10-14(12(3)4)6-5-13(15)7-8-17-16/h5-6,10-12,16-17H,7-9H2,1-4H3. The second kappa shape index (κ2) is 5.22. The summed E-state index contributed by atoms with van der Waals surface area (Å²) in [6.07, 6.45) is 2.43. The van der Waals surface area contributed by atoms with Crippen LogP contribution in [-0.2, 0) is 6.42 Å². The van der Waals surface area contributed by atoms with Crippen LogP contribution in [0, 0.1) is 5.92 Å². The Bertz CT molecular complexity index is 379. The number of hydrogen-bond donors (Lipinski definition) is 1. The van der Waals surface area contributed by atoms with Crippen LogP contribution in [0.5, 0.6) is 0 Å². The molecule has 1 nitrogen and oxygen atoms in total. The van der Waals surface area contributed by atoms with Crippen LogP contribution in [0.1, 0.15) is 62.8 Å². The maximum atomic E-state index is 3.67. The van der Waals surface area contributed by atoms with E-state index in [0.717, 1.165) is 12.5 Å². The Labute approximate surface area is 106 Å². The van der Waals surface area contributed by atoms with Crippen LogP contribution in [0.15, 0.2) is 18.2 Å². The summed E-state index contributed by atoms with van der Waals surface area (Å²) in [5.41, 5.74) is 4.58. The maximum Gasteiger partial charge on any atom is 0.0325 e. The minimum absolute atomic E-state index is 0.567. The van der Waals surface area contributed by atoms with Gasteiger partial charge in [-0.05, 0) is 47.9 Å². The molecule has 0 spiro atoms. The van der Waals surface area contributed by atoms with Crippen LogP contribution in [0.3, 0.4) is 0 Å². The Hall–Kier alpha value is -0.820. The Morgan fingerprint density at radius 2 is 2.00 bits per heavy atom. The van der Waals surface area contributed by atoms with Gasteiger partial charge in [-0.3, -0.25) is 0 Å². The maximum absolute atomic E-state index is 3.67. The van der Waals surface area contributed by atoms with E-state index in [1.807, 2.05) is 0 Å². The predicted molar refractivity (Wildman–Crippen MR) is 74.4 cm³/mol. The highest BCUT2D eigenvalue weighted by atomic mass is 14.9. The van der Waals surface area contributed by atoms with Crippen LogP contribution >= 0.6 is 0 Å². The van der Waals surface area contributed by atoms with Crippen molar-refractivity contribution in [1.29, 1.82) is 0 Å². The van der Waals surface area contributed by atoms with Crippen LogP contribution in [0.2, 0.25) is 0 Å². The molecule has 0 aliphatic carbocycles. The molecule has 1 heterocycles. The molecule has 1 aromatic rings. The lowest BCUT2D eigenvalue weighted by Gasteiger charge is -2.29. The second-order valence-electron chi connectivity index (χ2n) is 6.00. The molecule has 0 bridgehead atoms. The molecule has 0 fully saturated rings. The van der Waals surface area contributed by atoms with Gasteiger partial charge in [-0.15, -0.1) is 0 Å². The smallest absolute Gasteiger partial charge is 0.0325 e. The van der Waals surface area contributed by atoms with Gasteiger partial charge in [0.2, 0.25) is 0 Å². The summed E-state index contributed by atoms with van der Waals surface area (Å²) in [6, 6.07) is 7.65. The average Bonchev–Trinajstić information content (AvgIpc) is 2.28. The molecule has 0 aromatic heterocycles. The van der Waals surface area contributed by atoms with E-state index in [0.29, 0.717) is 12.0 Å². The van der Waals surface area contributed by atoms with E-state index in [1.54, 1.807) is 11.1 Å². The lowest BCUT2D eigenvalue weighted by atomic mass is 9.86. The molecular formula is C16H25N. The zero-order valence-electron chi connectivity index (χ0n) is 11.6. The van der Waals surface area contributed by atoms with Gasteiger partial charge < -0.3 is 5.32 Å². The molecule has 0 amide bonds. The van der Waals surface area contributed by atoms with Gasteiger partial charge in [0.25, 0.3) is 0 Å². The summed E-state index contributed by atoms with van der Waals surface area (Å²) in [5, 5.41) is 3.67. The largest absolute Gasteiger partial charge is 0.310 e. The third-order valence-corrected chi connectivity index (χ3v) is 3.70. The van der Waals surface area contributed by atoms with E-state index in [1.165, 1.54) is 18.4 Å². The molecule has 1 unspecified atom stereocenters. The molecule has 1 atom stereocenters. The summed E-state index contributed by atoms with van der Waals surface area (Å²) in [6.45, 7) is 10.3. The van der Waals surface area contributed by atoms with Gasteiger partial charge in [0.05, 0.1) is 0 Å². The minimum Gasteiger partial charge on any atom is -0.310 e. The first-order valence-electron chi connectivity index (χ1n) is 6.94. The Kier molecular flexibility index (Phi) is 3.88. The fraction of sp³-hybridized carbons (Fsp3) is 0.625. The van der Waals surface area contributed by atoms with Crippen molar-refractivity contribution in [3.63, 3.8) is 0 Å². The average molecular weight is 231 g/mol. The van der Waals surface area contributed by atoms with Crippen molar-refractivity contribution in [2.24, 2.45) is 5.92 Å². The quantitative estimate of drug-likeness (QED) is 0.827. The Balaban J connectivity index is 2.30. The third kappa shape index (κ3) is 2.90. The molecule has 0 radical (unpaired) electrons. The molecule has 94 valence electrons. The number of benzene rings is 1. The first-order chi connectivity index (χ1) is 8.08. The summed E-state index contributed by atoms with van der Waals surface area (Å²) in [5.74, 6) is 1.38. The first kappa shape index (κ1) is 12.6. The highest BCUT2D eigenvalue weighted by Gasteiger charge is 2.20. The van der Waals surface area contributed by atoms with Crippen LogP contribution in [-0.4, -0.2) is 6.54 Å². The SMILES string of the molecule is CC(C)CC1NCCc2ccc(C(C)C)cc21. The van der Waals surface area contributed by atoms with Crippen molar-refractivity contribution in [3.05, 3.63) is 34.9 Å². The molecule has 2 rings (SSSR count). The molecular weight excluding hydrogens is 206 g/mol. The molecule has 1 aromatic carbocycles. The van der Waals surface area contributed by atoms with Crippen molar-refractivity contribution in [1.82, 2.24) is 5.32 Å². The van der Waals surface area contributed by atoms with Crippen LogP contribution in [0.4, 0.5) is 0 Å². The zero-order valence-corrected chi connectivity index (χ0v) is 11.6. The van der Waals surface area contributed by atoms with Gasteiger partial charge in [-0.25, -0.2) is 0 Å². The van der Waals surface area contributed by atoms with Gasteiger partial charge in [0.15, 0.2) is 0 Å². The molecule has 0 saturated heterocycles. The molecule has 1 N–H and O–H groups in total. The number of rotatable bonds is 3. The normalized spacial score (nSPS) is 19.8. The van der Waals surface area contributed by atoms with E-state index in [9.17, 15) is 0 Å². The topological polar surface area (TPSA) is 12.0 Å². The first-order valence-corrected chi connectivity index (χ1v) is 6.94. The predicted octanol–water partition coefficient (Wildman–Crippen LogP) is 4.04. The number of hydrogen-bond acceptors (Lipinski definition) is 1. The summed E-state index contributed by atoms with van der Waals surface area (Å²) in [4.78, 5) is 0. The summed E-state index contributed by atoms with van der Waals surface area (Å²) >= 11 is 0. The van der Waals surface area contributed by atoms with E-state index < -0.39 is 0 Å². The monoisotopic (exact) mass is 231 g/mol. The van der Waals surface area contributed by atoms with Gasteiger partial charge in [0.1, 0.15) is 0 Å². The van der Waals surface area contributed by atoms with E-state index in [2.05, 4.69) is 51.2 Å².